The van der Waals surface area contributed by atoms with Crippen LogP contribution >= 0.6 is 0 Å². The Morgan fingerprint density at radius 2 is 2.24 bits per heavy atom. The number of allylic oxidation sites excluding steroid dienone is 2. The van der Waals surface area contributed by atoms with Gasteiger partial charge in [0.15, 0.2) is 0 Å². The predicted octanol–water partition coefficient (Wildman–Crippen LogP) is 4.36. The lowest BCUT2D eigenvalue weighted by Gasteiger charge is -2.19. The molecule has 2 nitrogen and oxygen atoms in total. The molecule has 2 rings (SSSR count). The van der Waals surface area contributed by atoms with Crippen LogP contribution in [-0.2, 0) is 10.8 Å². The average Bonchev–Trinajstić information content (AvgIpc) is 2.82. The second-order valence-corrected chi connectivity index (χ2v) is 10.2. The van der Waals surface area contributed by atoms with E-state index in [1.54, 1.807) is 6.26 Å². The molecule has 1 heterocycles. The van der Waals surface area contributed by atoms with Gasteiger partial charge in [-0.15, -0.1) is 0 Å². The van der Waals surface area contributed by atoms with Crippen LogP contribution in [0.4, 0.5) is 0 Å². The summed E-state index contributed by atoms with van der Waals surface area (Å²) < 4.78 is 11.1. The second kappa shape index (κ2) is 5.13. The van der Waals surface area contributed by atoms with E-state index in [1.807, 2.05) is 6.26 Å². The van der Waals surface area contributed by atoms with Gasteiger partial charge in [-0.25, -0.2) is 0 Å². The first kappa shape index (κ1) is 12.5. The molecule has 0 saturated heterocycles. The Morgan fingerprint density at radius 1 is 1.41 bits per heavy atom. The maximum Gasteiger partial charge on any atom is 0.241 e. The summed E-state index contributed by atoms with van der Waals surface area (Å²) in [6.45, 7) is 6.73. The molecule has 0 saturated carbocycles. The van der Waals surface area contributed by atoms with Gasteiger partial charge in [-0.2, -0.15) is 0 Å². The molecule has 0 spiro atoms. The fourth-order valence-corrected chi connectivity index (χ4v) is 3.21. The monoisotopic (exact) mass is 250 g/mol. The van der Waals surface area contributed by atoms with Crippen molar-refractivity contribution >= 4 is 8.32 Å². The summed E-state index contributed by atoms with van der Waals surface area (Å²) >= 11 is 0. The lowest BCUT2D eigenvalue weighted by atomic mass is 10.0. The van der Waals surface area contributed by atoms with Crippen molar-refractivity contribution in [3.63, 3.8) is 0 Å². The maximum absolute atomic E-state index is 6.05. The third-order valence-corrected chi connectivity index (χ3v) is 3.88. The molecule has 1 aromatic heterocycles. The molecule has 0 radical (unpaired) electrons. The minimum atomic E-state index is -1.41. The zero-order valence-electron chi connectivity index (χ0n) is 11.0. The van der Waals surface area contributed by atoms with Gasteiger partial charge in [0.25, 0.3) is 0 Å². The van der Waals surface area contributed by atoms with E-state index < -0.39 is 8.32 Å². The van der Waals surface area contributed by atoms with Crippen molar-refractivity contribution in [3.05, 3.63) is 36.0 Å². The molecule has 0 fully saturated rings. The highest BCUT2D eigenvalue weighted by molar-refractivity contribution is 6.70. The molecule has 0 bridgehead atoms. The van der Waals surface area contributed by atoms with E-state index in [4.69, 9.17) is 8.84 Å². The van der Waals surface area contributed by atoms with Gasteiger partial charge in [0.05, 0.1) is 18.3 Å². The van der Waals surface area contributed by atoms with Gasteiger partial charge >= 0.3 is 0 Å². The predicted molar refractivity (Wildman–Crippen MR) is 72.3 cm³/mol. The standard InChI is InChI=1S/C14H22O2Si/c1-17(2,3)16-14-7-6-12(10-14)4-5-13-8-9-15-11-13/h8-12H,4-7H2,1-3H3/t12-/m0/s1. The second-order valence-electron chi connectivity index (χ2n) is 5.82. The SMILES string of the molecule is C[Si](C)(C)OC1=C[C@@H](CCc2ccoc2)CC1. The molecule has 0 amide bonds. The highest BCUT2D eigenvalue weighted by Crippen LogP contribution is 2.30. The van der Waals surface area contributed by atoms with Crippen molar-refractivity contribution in [2.75, 3.05) is 0 Å². The van der Waals surface area contributed by atoms with Crippen molar-refractivity contribution in [2.24, 2.45) is 5.92 Å². The van der Waals surface area contributed by atoms with Crippen LogP contribution < -0.4 is 0 Å². The van der Waals surface area contributed by atoms with E-state index in [9.17, 15) is 0 Å². The van der Waals surface area contributed by atoms with Gasteiger partial charge in [0.2, 0.25) is 8.32 Å². The van der Waals surface area contributed by atoms with Crippen molar-refractivity contribution < 1.29 is 8.84 Å². The van der Waals surface area contributed by atoms with Crippen LogP contribution in [0, 0.1) is 5.92 Å². The number of furan rings is 1. The van der Waals surface area contributed by atoms with E-state index in [2.05, 4.69) is 31.8 Å². The van der Waals surface area contributed by atoms with Gasteiger partial charge in [-0.05, 0) is 62.5 Å². The Kier molecular flexibility index (Phi) is 3.77. The zero-order chi connectivity index (χ0) is 12.3. The van der Waals surface area contributed by atoms with Gasteiger partial charge in [-0.3, -0.25) is 0 Å². The molecular weight excluding hydrogens is 228 g/mol. The van der Waals surface area contributed by atoms with E-state index in [0.717, 1.165) is 12.8 Å². The number of aryl methyl sites for hydroxylation is 1. The third kappa shape index (κ3) is 4.08. The van der Waals surface area contributed by atoms with E-state index in [1.165, 1.54) is 24.2 Å². The first-order valence-corrected chi connectivity index (χ1v) is 9.84. The first-order chi connectivity index (χ1) is 8.03. The van der Waals surface area contributed by atoms with Crippen molar-refractivity contribution in [1.29, 1.82) is 0 Å². The van der Waals surface area contributed by atoms with Gasteiger partial charge in [-0.1, -0.05) is 0 Å². The Labute approximate surface area is 105 Å². The molecule has 0 N–H and O–H groups in total. The quantitative estimate of drug-likeness (QED) is 0.725. The molecule has 1 aliphatic rings. The molecular formula is C14H22O2Si. The lowest BCUT2D eigenvalue weighted by Crippen LogP contribution is -2.24. The van der Waals surface area contributed by atoms with Crippen LogP contribution in [0.5, 0.6) is 0 Å². The highest BCUT2D eigenvalue weighted by Gasteiger charge is 2.22. The zero-order valence-corrected chi connectivity index (χ0v) is 12.0. The smallest absolute Gasteiger partial charge is 0.241 e. The Morgan fingerprint density at radius 3 is 2.88 bits per heavy atom. The fraction of sp³-hybridized carbons (Fsp3) is 0.571. The van der Waals surface area contributed by atoms with Gasteiger partial charge in [0.1, 0.15) is 0 Å². The lowest BCUT2D eigenvalue weighted by molar-refractivity contribution is 0.407. The number of hydrogen-bond acceptors (Lipinski definition) is 2. The van der Waals surface area contributed by atoms with Crippen molar-refractivity contribution in [1.82, 2.24) is 0 Å². The highest BCUT2D eigenvalue weighted by atomic mass is 28.4. The molecule has 0 aromatic carbocycles. The number of hydrogen-bond donors (Lipinski definition) is 0. The first-order valence-electron chi connectivity index (χ1n) is 6.44. The summed E-state index contributed by atoms with van der Waals surface area (Å²) in [5, 5.41) is 0. The molecule has 17 heavy (non-hydrogen) atoms. The van der Waals surface area contributed by atoms with Crippen LogP contribution in [0.3, 0.4) is 0 Å². The molecule has 1 aliphatic carbocycles. The molecule has 1 aromatic rings. The minimum Gasteiger partial charge on any atom is -0.548 e. The molecule has 94 valence electrons. The van der Waals surface area contributed by atoms with Crippen molar-refractivity contribution in [3.8, 4) is 0 Å². The van der Waals surface area contributed by atoms with Gasteiger partial charge < -0.3 is 8.84 Å². The van der Waals surface area contributed by atoms with Crippen LogP contribution in [0.15, 0.2) is 34.8 Å². The Bertz CT molecular complexity index is 373. The van der Waals surface area contributed by atoms with Crippen LogP contribution in [0.2, 0.25) is 19.6 Å². The summed E-state index contributed by atoms with van der Waals surface area (Å²) in [6.07, 6.45) is 10.6. The van der Waals surface area contributed by atoms with E-state index in [-0.39, 0.29) is 0 Å². The summed E-state index contributed by atoms with van der Waals surface area (Å²) in [5.74, 6) is 1.93. The summed E-state index contributed by atoms with van der Waals surface area (Å²) in [5.41, 5.74) is 1.30. The van der Waals surface area contributed by atoms with Crippen molar-refractivity contribution in [2.45, 2.75) is 45.3 Å². The molecule has 3 heteroatoms. The van der Waals surface area contributed by atoms with Crippen LogP contribution in [-0.4, -0.2) is 8.32 Å². The van der Waals surface area contributed by atoms with Crippen LogP contribution in [0.1, 0.15) is 24.8 Å². The topological polar surface area (TPSA) is 22.4 Å². The molecule has 1 atom stereocenters. The molecule has 0 unspecified atom stereocenters. The maximum atomic E-state index is 6.05. The summed E-state index contributed by atoms with van der Waals surface area (Å²) in [4.78, 5) is 0. The molecule has 0 aliphatic heterocycles. The summed E-state index contributed by atoms with van der Waals surface area (Å²) in [7, 11) is -1.41. The van der Waals surface area contributed by atoms with Gasteiger partial charge in [0, 0.05) is 6.42 Å². The average molecular weight is 250 g/mol. The summed E-state index contributed by atoms with van der Waals surface area (Å²) in [6, 6.07) is 2.05. The van der Waals surface area contributed by atoms with Crippen LogP contribution in [0.25, 0.3) is 0 Å². The minimum absolute atomic E-state index is 0.691. The Hall–Kier alpha value is -0.963. The third-order valence-electron chi connectivity index (χ3n) is 3.00. The van der Waals surface area contributed by atoms with E-state index >= 15 is 0 Å². The largest absolute Gasteiger partial charge is 0.548 e. The Balaban J connectivity index is 1.80. The van der Waals surface area contributed by atoms with E-state index in [0.29, 0.717) is 5.92 Å². The normalized spacial score (nSPS) is 20.4. The number of rotatable bonds is 5. The fourth-order valence-electron chi connectivity index (χ4n) is 2.25.